The molecular weight excluding hydrogens is 406 g/mol. The molecule has 4 aromatic heterocycles. The first-order valence-corrected chi connectivity index (χ1v) is 11.1. The van der Waals surface area contributed by atoms with Crippen molar-refractivity contribution in [3.05, 3.63) is 48.4 Å². The average Bonchev–Trinajstić information content (AvgIpc) is 3.48. The quantitative estimate of drug-likeness (QED) is 0.475. The van der Waals surface area contributed by atoms with Crippen molar-refractivity contribution < 1.29 is 8.42 Å². The van der Waals surface area contributed by atoms with E-state index in [1.54, 1.807) is 40.1 Å². The fourth-order valence-corrected chi connectivity index (χ4v) is 5.21. The Kier molecular flexibility index (Phi) is 4.40. The number of hydrogen-bond acceptors (Lipinski definition) is 7. The lowest BCUT2D eigenvalue weighted by Gasteiger charge is -2.29. The topological polar surface area (TPSA) is 116 Å². The maximum absolute atomic E-state index is 12.9. The van der Waals surface area contributed by atoms with Gasteiger partial charge in [0.25, 0.3) is 10.0 Å². The van der Waals surface area contributed by atoms with Crippen LogP contribution < -0.4 is 0 Å². The summed E-state index contributed by atoms with van der Waals surface area (Å²) in [6.45, 7) is 2.58. The third-order valence-corrected chi connectivity index (χ3v) is 7.29. The van der Waals surface area contributed by atoms with Crippen LogP contribution in [-0.4, -0.2) is 65.0 Å². The second kappa shape index (κ2) is 6.99. The number of fused-ring (bicyclic) bond motifs is 1. The Labute approximate surface area is 173 Å². The van der Waals surface area contributed by atoms with Crippen LogP contribution in [0.5, 0.6) is 0 Å². The van der Waals surface area contributed by atoms with Crippen LogP contribution in [0.3, 0.4) is 0 Å². The van der Waals surface area contributed by atoms with Gasteiger partial charge in [-0.05, 0) is 38.0 Å². The summed E-state index contributed by atoms with van der Waals surface area (Å²) in [4.78, 5) is 4.19. The van der Waals surface area contributed by atoms with Crippen LogP contribution in [0.2, 0.25) is 0 Å². The second-order valence-electron chi connectivity index (χ2n) is 7.39. The number of aromatic nitrogens is 8. The highest BCUT2D eigenvalue weighted by Gasteiger charge is 2.33. The van der Waals surface area contributed by atoms with Crippen molar-refractivity contribution in [2.45, 2.75) is 30.7 Å². The first-order chi connectivity index (χ1) is 14.4. The summed E-state index contributed by atoms with van der Waals surface area (Å²) in [6.07, 6.45) is 6.35. The molecule has 5 rings (SSSR count). The highest BCUT2D eigenvalue weighted by atomic mass is 32.2. The van der Waals surface area contributed by atoms with E-state index in [1.807, 2.05) is 24.4 Å². The lowest BCUT2D eigenvalue weighted by molar-refractivity contribution is 0.310. The zero-order valence-corrected chi connectivity index (χ0v) is 17.4. The maximum atomic E-state index is 12.9. The third-order valence-electron chi connectivity index (χ3n) is 5.52. The molecule has 0 saturated carbocycles. The van der Waals surface area contributed by atoms with E-state index in [0.29, 0.717) is 43.2 Å². The van der Waals surface area contributed by atoms with Gasteiger partial charge in [0.15, 0.2) is 22.3 Å². The van der Waals surface area contributed by atoms with Gasteiger partial charge in [0.05, 0.1) is 0 Å². The molecule has 12 heteroatoms. The Bertz CT molecular complexity index is 1280. The second-order valence-corrected chi connectivity index (χ2v) is 9.27. The molecule has 30 heavy (non-hydrogen) atoms. The molecule has 0 N–H and O–H groups in total. The fourth-order valence-electron chi connectivity index (χ4n) is 3.71. The van der Waals surface area contributed by atoms with Gasteiger partial charge in [-0.25, -0.2) is 18.1 Å². The van der Waals surface area contributed by atoms with Crippen molar-refractivity contribution in [3.8, 4) is 5.82 Å². The number of imidazole rings is 1. The van der Waals surface area contributed by atoms with Crippen LogP contribution in [0.4, 0.5) is 0 Å². The summed E-state index contributed by atoms with van der Waals surface area (Å²) in [6, 6.07) is 5.52. The lowest BCUT2D eigenvalue weighted by Crippen LogP contribution is -2.38. The van der Waals surface area contributed by atoms with Crippen LogP contribution in [0.25, 0.3) is 11.5 Å². The summed E-state index contributed by atoms with van der Waals surface area (Å²) in [5.74, 6) is 2.14. The van der Waals surface area contributed by atoms with Crippen molar-refractivity contribution in [1.29, 1.82) is 0 Å². The number of piperidine rings is 1. The summed E-state index contributed by atoms with van der Waals surface area (Å²) in [7, 11) is -1.82. The van der Waals surface area contributed by atoms with Crippen molar-refractivity contribution in [3.63, 3.8) is 0 Å². The van der Waals surface area contributed by atoms with Crippen LogP contribution in [-0.2, 0) is 17.1 Å². The zero-order valence-electron chi connectivity index (χ0n) is 16.6. The minimum atomic E-state index is -3.60. The Morgan fingerprint density at radius 3 is 2.60 bits per heavy atom. The molecular formula is C18H21N9O2S. The van der Waals surface area contributed by atoms with Crippen LogP contribution >= 0.6 is 0 Å². The predicted octanol–water partition coefficient (Wildman–Crippen LogP) is 0.920. The van der Waals surface area contributed by atoms with Gasteiger partial charge in [0.1, 0.15) is 5.82 Å². The minimum absolute atomic E-state index is 0.0669. The monoisotopic (exact) mass is 427 g/mol. The molecule has 0 radical (unpaired) electrons. The first kappa shape index (κ1) is 18.9. The molecule has 0 aromatic carbocycles. The molecule has 0 amide bonds. The molecule has 5 heterocycles. The van der Waals surface area contributed by atoms with Crippen molar-refractivity contribution in [1.82, 2.24) is 43.4 Å². The molecule has 1 saturated heterocycles. The summed E-state index contributed by atoms with van der Waals surface area (Å²) in [5, 5.41) is 17.5. The predicted molar refractivity (Wildman–Crippen MR) is 107 cm³/mol. The summed E-state index contributed by atoms with van der Waals surface area (Å²) >= 11 is 0. The molecule has 4 aromatic rings. The van der Waals surface area contributed by atoms with E-state index in [4.69, 9.17) is 0 Å². The largest absolute Gasteiger partial charge is 0.337 e. The fraction of sp³-hybridized carbons (Fsp3) is 0.389. The molecule has 0 spiro atoms. The maximum Gasteiger partial charge on any atom is 0.262 e. The minimum Gasteiger partial charge on any atom is -0.337 e. The Morgan fingerprint density at radius 1 is 1.13 bits per heavy atom. The molecule has 156 valence electrons. The zero-order chi connectivity index (χ0) is 20.9. The molecule has 0 bridgehead atoms. The average molecular weight is 427 g/mol. The Hall–Kier alpha value is -3.12. The SMILES string of the molecule is Cc1nc(S(=O)(=O)N2CCC(c3nnc4ccc(-n5cccn5)nn34)CC2)cn1C. The number of nitrogens with zero attached hydrogens (tertiary/aromatic N) is 9. The molecule has 1 aliphatic heterocycles. The van der Waals surface area contributed by atoms with E-state index in [1.165, 1.54) is 4.31 Å². The van der Waals surface area contributed by atoms with E-state index >= 15 is 0 Å². The number of hydrogen-bond donors (Lipinski definition) is 0. The lowest BCUT2D eigenvalue weighted by atomic mass is 9.97. The van der Waals surface area contributed by atoms with Gasteiger partial charge in [-0.3, -0.25) is 0 Å². The summed E-state index contributed by atoms with van der Waals surface area (Å²) < 4.78 is 32.5. The van der Waals surface area contributed by atoms with E-state index in [9.17, 15) is 8.42 Å². The number of aryl methyl sites for hydroxylation is 2. The summed E-state index contributed by atoms with van der Waals surface area (Å²) in [5.41, 5.74) is 0.653. The smallest absolute Gasteiger partial charge is 0.262 e. The van der Waals surface area contributed by atoms with Gasteiger partial charge in [0.2, 0.25) is 0 Å². The van der Waals surface area contributed by atoms with Gasteiger partial charge in [-0.2, -0.15) is 13.9 Å². The number of sulfonamides is 1. The van der Waals surface area contributed by atoms with E-state index < -0.39 is 10.0 Å². The van der Waals surface area contributed by atoms with Crippen molar-refractivity contribution >= 4 is 15.7 Å². The highest BCUT2D eigenvalue weighted by molar-refractivity contribution is 7.89. The molecule has 0 atom stereocenters. The van der Waals surface area contributed by atoms with Crippen LogP contribution in [0.15, 0.2) is 41.8 Å². The van der Waals surface area contributed by atoms with Gasteiger partial charge >= 0.3 is 0 Å². The third kappa shape index (κ3) is 3.08. The van der Waals surface area contributed by atoms with Gasteiger partial charge in [0, 0.05) is 44.6 Å². The molecule has 11 nitrogen and oxygen atoms in total. The van der Waals surface area contributed by atoms with E-state index in [2.05, 4.69) is 25.4 Å². The van der Waals surface area contributed by atoms with Crippen molar-refractivity contribution in [2.75, 3.05) is 13.1 Å². The Morgan fingerprint density at radius 2 is 1.93 bits per heavy atom. The molecule has 1 aliphatic rings. The van der Waals surface area contributed by atoms with Crippen molar-refractivity contribution in [2.24, 2.45) is 7.05 Å². The molecule has 0 unspecified atom stereocenters. The standard InChI is InChI=1S/C18H21N9O2S/c1-13-20-17(12-24(13)2)30(28,29)25-10-6-14(7-11-25)18-22-21-15-4-5-16(23-27(15)18)26-9-3-8-19-26/h3-5,8-9,12,14H,6-7,10-11H2,1-2H3. The van der Waals surface area contributed by atoms with Crippen LogP contribution in [0, 0.1) is 6.92 Å². The Balaban J connectivity index is 1.38. The highest BCUT2D eigenvalue weighted by Crippen LogP contribution is 2.29. The number of rotatable bonds is 4. The first-order valence-electron chi connectivity index (χ1n) is 9.66. The van der Waals surface area contributed by atoms with Crippen LogP contribution in [0.1, 0.15) is 30.4 Å². The van der Waals surface area contributed by atoms with E-state index in [0.717, 1.165) is 5.82 Å². The molecule has 1 fully saturated rings. The van der Waals surface area contributed by atoms with Gasteiger partial charge < -0.3 is 4.57 Å². The van der Waals surface area contributed by atoms with Gasteiger partial charge in [-0.15, -0.1) is 15.3 Å². The normalized spacial score (nSPS) is 16.5. The molecule has 0 aliphatic carbocycles. The van der Waals surface area contributed by atoms with Gasteiger partial charge in [-0.1, -0.05) is 0 Å². The van der Waals surface area contributed by atoms with E-state index in [-0.39, 0.29) is 10.9 Å².